The zero-order chi connectivity index (χ0) is 41.2. The smallest absolute Gasteiger partial charge is 1.00 e. The van der Waals surface area contributed by atoms with Crippen LogP contribution in [0.3, 0.4) is 0 Å². The number of ether oxygens (including phenoxy) is 2. The van der Waals surface area contributed by atoms with Crippen LogP contribution in [0.25, 0.3) is 32.6 Å². The molecule has 0 saturated carbocycles. The summed E-state index contributed by atoms with van der Waals surface area (Å²) in [5.74, 6) is 2.14. The molecule has 58 heavy (non-hydrogen) atoms. The van der Waals surface area contributed by atoms with E-state index in [0.29, 0.717) is 7.35 Å². The molecule has 0 aromatic heterocycles. The van der Waals surface area contributed by atoms with Crippen LogP contribution in [0.15, 0.2) is 71.8 Å². The van der Waals surface area contributed by atoms with Gasteiger partial charge in [-0.2, -0.15) is 0 Å². The van der Waals surface area contributed by atoms with Gasteiger partial charge in [-0.3, -0.25) is 0 Å². The van der Waals surface area contributed by atoms with E-state index in [1.807, 2.05) is 14.2 Å². The van der Waals surface area contributed by atoms with Gasteiger partial charge in [0.2, 0.25) is 0 Å². The third kappa shape index (κ3) is 7.62. The van der Waals surface area contributed by atoms with Crippen molar-refractivity contribution in [3.05, 3.63) is 116 Å². The standard InChI is InChI=1S/C52H66O2Si.2ClH.Hf/c1-31-23-41-43(53-15)21-19-39(33-25-35(49(3,4)5)29-36(26-33)50(6,7)8)45(41)47(31)55(17,18)48-32(2)24-42-44(54-16)22-20-40(46(42)48)34-27-37(51(9,10)11)30-38(28-34)52(12,13)14;;;/h19-30H,1-18H3;2*1H;/q;;;+2/p-2. The van der Waals surface area contributed by atoms with Crippen molar-refractivity contribution in [3.8, 4) is 33.8 Å². The van der Waals surface area contributed by atoms with E-state index in [0.717, 1.165) is 11.5 Å². The van der Waals surface area contributed by atoms with Crippen LogP contribution in [-0.4, -0.2) is 22.3 Å². The van der Waals surface area contributed by atoms with E-state index in [9.17, 15) is 0 Å². The van der Waals surface area contributed by atoms with E-state index >= 15 is 0 Å². The average Bonchev–Trinajstić information content (AvgIpc) is 3.58. The van der Waals surface area contributed by atoms with E-state index in [4.69, 9.17) is 9.47 Å². The minimum atomic E-state index is -2.40. The molecule has 4 bridgehead atoms. The molecule has 1 heterocycles. The first-order chi connectivity index (χ1) is 25.8. The van der Waals surface area contributed by atoms with Crippen LogP contribution in [0, 0.1) is 0 Å². The molecule has 4 aromatic carbocycles. The third-order valence-corrected chi connectivity index (χ3v) is 24.5. The van der Waals surface area contributed by atoms with Gasteiger partial charge in [0.1, 0.15) is 0 Å². The maximum Gasteiger partial charge on any atom is -1.00 e. The Bertz CT molecular complexity index is 2130. The van der Waals surface area contributed by atoms with Crippen molar-refractivity contribution in [1.82, 2.24) is 0 Å². The van der Waals surface area contributed by atoms with Crippen molar-refractivity contribution in [2.24, 2.45) is 0 Å². The number of rotatable bonds is 4. The van der Waals surface area contributed by atoms with Gasteiger partial charge in [0.15, 0.2) is 0 Å². The molecule has 2 nitrogen and oxygen atoms in total. The summed E-state index contributed by atoms with van der Waals surface area (Å²) in [5.41, 5.74) is 20.4. The summed E-state index contributed by atoms with van der Waals surface area (Å²) < 4.78 is 13.6. The molecule has 2 unspecified atom stereocenters. The summed E-state index contributed by atoms with van der Waals surface area (Å²) in [5, 5.41) is 3.29. The maximum atomic E-state index is 6.37. The zero-order valence-corrected chi connectivity index (χ0v) is 44.6. The van der Waals surface area contributed by atoms with Gasteiger partial charge >= 0.3 is 354 Å². The molecule has 0 fully saturated rings. The predicted molar refractivity (Wildman–Crippen MR) is 240 cm³/mol. The van der Waals surface area contributed by atoms with Crippen molar-refractivity contribution < 1.29 is 57.2 Å². The molecule has 3 aliphatic rings. The summed E-state index contributed by atoms with van der Waals surface area (Å²) in [6, 6.07) is 24.3. The second kappa shape index (κ2) is 15.5. The van der Waals surface area contributed by atoms with Crippen molar-refractivity contribution in [2.75, 3.05) is 14.2 Å². The molecule has 7 rings (SSSR count). The van der Waals surface area contributed by atoms with E-state index in [1.54, 1.807) is 21.5 Å². The number of hydrogen-bond donors (Lipinski definition) is 0. The normalized spacial score (nSPS) is 18.2. The van der Waals surface area contributed by atoms with Gasteiger partial charge in [0.05, 0.1) is 0 Å². The SMILES string of the molecule is COc1ccc(-c2cc(C(C)(C)C)cc(C(C)(C)C)c2)c2c1[CH]1[Hf+2][CH]3C(C)=C(c4c(-c5cc(C(C)(C)C)cc(C(C)(C)C)c5)ccc(OC)c43)[Si](C)(C)C2=C1C.[Cl-].[Cl-]. The van der Waals surface area contributed by atoms with Crippen molar-refractivity contribution >= 4 is 18.5 Å². The Morgan fingerprint density at radius 1 is 0.483 bits per heavy atom. The van der Waals surface area contributed by atoms with Crippen LogP contribution >= 0.6 is 0 Å². The van der Waals surface area contributed by atoms with Crippen molar-refractivity contribution in [2.45, 2.75) is 139 Å². The second-order valence-electron chi connectivity index (χ2n) is 21.6. The fourth-order valence-electron chi connectivity index (χ4n) is 9.88. The fraction of sp³-hybridized carbons (Fsp3) is 0.462. The molecule has 0 radical (unpaired) electrons. The molecule has 2 aliphatic carbocycles. The largest absolute Gasteiger partial charge is 1.00 e. The van der Waals surface area contributed by atoms with Crippen LogP contribution < -0.4 is 34.3 Å². The van der Waals surface area contributed by atoms with Crippen LogP contribution in [0.4, 0.5) is 0 Å². The van der Waals surface area contributed by atoms with Gasteiger partial charge in [0.25, 0.3) is 0 Å². The van der Waals surface area contributed by atoms with Crippen molar-refractivity contribution in [3.63, 3.8) is 0 Å². The van der Waals surface area contributed by atoms with E-state index in [2.05, 4.69) is 171 Å². The van der Waals surface area contributed by atoms with Gasteiger partial charge in [-0.25, -0.2) is 0 Å². The molecular weight excluding hydrogens is 934 g/mol. The number of fused-ring (bicyclic) bond motifs is 8. The van der Waals surface area contributed by atoms with E-state index < -0.39 is 31.0 Å². The molecule has 4 aromatic rings. The quantitative estimate of drug-likeness (QED) is 0.191. The zero-order valence-electron chi connectivity index (χ0n) is 38.5. The molecule has 0 spiro atoms. The van der Waals surface area contributed by atoms with Gasteiger partial charge in [-0.05, 0) is 0 Å². The molecule has 0 N–H and O–H groups in total. The number of methoxy groups -OCH3 is 2. The van der Waals surface area contributed by atoms with Crippen LogP contribution in [0.1, 0.15) is 149 Å². The summed E-state index contributed by atoms with van der Waals surface area (Å²) in [7, 11) is 1.37. The molecule has 0 saturated heterocycles. The first-order valence-corrected chi connectivity index (χ1v) is 27.9. The van der Waals surface area contributed by atoms with Gasteiger partial charge in [0, 0.05) is 0 Å². The number of halogens is 2. The molecule has 0 amide bonds. The second-order valence-corrected chi connectivity index (χ2v) is 31.2. The van der Waals surface area contributed by atoms with E-state index in [-0.39, 0.29) is 46.5 Å². The Balaban J connectivity index is 0.00000320. The number of benzene rings is 4. The monoisotopic (exact) mass is 1000 g/mol. The third-order valence-electron chi connectivity index (χ3n) is 13.1. The molecule has 2 atom stereocenters. The molecule has 6 heteroatoms. The summed E-state index contributed by atoms with van der Waals surface area (Å²) in [4.78, 5) is 0. The first kappa shape index (κ1) is 46.7. The molecule has 308 valence electrons. The van der Waals surface area contributed by atoms with Crippen LogP contribution in [0.2, 0.25) is 13.1 Å². The van der Waals surface area contributed by atoms with E-state index in [1.165, 1.54) is 66.8 Å². The fourth-order valence-corrected chi connectivity index (χ4v) is 22.5. The summed E-state index contributed by atoms with van der Waals surface area (Å²) in [6.45, 7) is 38.6. The number of hydrogen-bond acceptors (Lipinski definition) is 2. The van der Waals surface area contributed by atoms with Crippen LogP contribution in [0.5, 0.6) is 11.5 Å². The first-order valence-electron chi connectivity index (χ1n) is 20.7. The summed E-state index contributed by atoms with van der Waals surface area (Å²) in [6.07, 6.45) is 0. The molecule has 1 aliphatic heterocycles. The van der Waals surface area contributed by atoms with Gasteiger partial charge in [-0.15, -0.1) is 0 Å². The summed E-state index contributed by atoms with van der Waals surface area (Å²) >= 11 is -1.56. The minimum absolute atomic E-state index is 0. The average molecular weight is 1000 g/mol. The Morgan fingerprint density at radius 3 is 1.03 bits per heavy atom. The minimum Gasteiger partial charge on any atom is -1.00 e. The topological polar surface area (TPSA) is 18.5 Å². The Hall–Kier alpha value is -2.37. The van der Waals surface area contributed by atoms with Crippen molar-refractivity contribution in [1.29, 1.82) is 0 Å². The Kier molecular flexibility index (Phi) is 12.5. The van der Waals surface area contributed by atoms with Gasteiger partial charge < -0.3 is 24.8 Å². The maximum absolute atomic E-state index is 6.37. The Labute approximate surface area is 376 Å². The predicted octanol–water partition coefficient (Wildman–Crippen LogP) is 8.48. The Morgan fingerprint density at radius 2 is 0.776 bits per heavy atom. The molecular formula is C52H66Cl2HfO2Si. The van der Waals surface area contributed by atoms with Gasteiger partial charge in [-0.1, -0.05) is 0 Å². The van der Waals surface area contributed by atoms with Crippen LogP contribution in [-0.2, 0) is 44.6 Å². The number of allylic oxidation sites excluding steroid dienone is 2.